The fraction of sp³-hybridized carbons (Fsp3) is 0.208. The highest BCUT2D eigenvalue weighted by molar-refractivity contribution is 9.10. The van der Waals surface area contributed by atoms with Crippen LogP contribution in [-0.2, 0) is 0 Å². The molecule has 0 aliphatic heterocycles. The molecule has 156 valence electrons. The van der Waals surface area contributed by atoms with Gasteiger partial charge in [-0.05, 0) is 54.4 Å². The maximum atomic E-state index is 13.0. The summed E-state index contributed by atoms with van der Waals surface area (Å²) in [5.74, 6) is 1.80. The van der Waals surface area contributed by atoms with Crippen LogP contribution in [-0.4, -0.2) is 26.7 Å². The minimum absolute atomic E-state index is 0.170. The first-order valence-electron chi connectivity index (χ1n) is 9.57. The van der Waals surface area contributed by atoms with Crippen LogP contribution >= 0.6 is 15.9 Å². The molecule has 0 aromatic heterocycles. The van der Waals surface area contributed by atoms with E-state index in [0.29, 0.717) is 23.7 Å². The summed E-state index contributed by atoms with van der Waals surface area (Å²) in [5.41, 5.74) is 2.35. The Labute approximate surface area is 185 Å². The molecule has 0 unspecified atom stereocenters. The molecular formula is C24H24BrNO4. The second-order valence-electron chi connectivity index (χ2n) is 6.50. The Balaban J connectivity index is 2.04. The van der Waals surface area contributed by atoms with E-state index in [9.17, 15) is 4.79 Å². The number of halogens is 1. The van der Waals surface area contributed by atoms with Gasteiger partial charge in [-0.15, -0.1) is 0 Å². The normalized spacial score (nSPS) is 11.5. The predicted octanol–water partition coefficient (Wildman–Crippen LogP) is 5.38. The van der Waals surface area contributed by atoms with Crippen molar-refractivity contribution in [1.82, 2.24) is 5.32 Å². The smallest absolute Gasteiger partial charge is 0.252 e. The van der Waals surface area contributed by atoms with Gasteiger partial charge in [-0.3, -0.25) is 4.79 Å². The Morgan fingerprint density at radius 3 is 2.20 bits per heavy atom. The van der Waals surface area contributed by atoms with Gasteiger partial charge < -0.3 is 19.5 Å². The summed E-state index contributed by atoms with van der Waals surface area (Å²) in [6, 6.07) is 20.1. The first kappa shape index (κ1) is 21.7. The zero-order valence-electron chi connectivity index (χ0n) is 17.1. The number of benzene rings is 3. The summed E-state index contributed by atoms with van der Waals surface area (Å²) in [7, 11) is 3.18. The minimum Gasteiger partial charge on any atom is -0.494 e. The summed E-state index contributed by atoms with van der Waals surface area (Å²) in [4.78, 5) is 13.0. The molecule has 1 atom stereocenters. The van der Waals surface area contributed by atoms with Crippen molar-refractivity contribution in [2.75, 3.05) is 20.8 Å². The molecule has 0 saturated carbocycles. The highest BCUT2D eigenvalue weighted by Gasteiger charge is 2.22. The summed E-state index contributed by atoms with van der Waals surface area (Å²) in [6.07, 6.45) is 0. The molecule has 6 heteroatoms. The minimum atomic E-state index is -0.414. The van der Waals surface area contributed by atoms with E-state index in [1.165, 1.54) is 0 Å². The van der Waals surface area contributed by atoms with Crippen LogP contribution < -0.4 is 19.5 Å². The standard InChI is InChI=1S/C24H24BrNO4/c1-4-30-18-12-10-16(11-13-18)23(26-24(27)17-8-6-5-7-9-17)19-14-21(28-2)22(29-3)15-20(19)25/h5-15,23H,4H2,1-3H3,(H,26,27)/t23-/m1/s1. The molecule has 5 nitrogen and oxygen atoms in total. The van der Waals surface area contributed by atoms with Gasteiger partial charge in [0.15, 0.2) is 11.5 Å². The summed E-state index contributed by atoms with van der Waals surface area (Å²) >= 11 is 3.62. The van der Waals surface area contributed by atoms with Crippen LogP contribution in [0.1, 0.15) is 34.5 Å². The molecule has 1 amide bonds. The van der Waals surface area contributed by atoms with E-state index < -0.39 is 6.04 Å². The molecule has 30 heavy (non-hydrogen) atoms. The van der Waals surface area contributed by atoms with Crippen LogP contribution in [0.4, 0.5) is 0 Å². The SMILES string of the molecule is CCOc1ccc([C@@H](NC(=O)c2ccccc2)c2cc(OC)c(OC)cc2Br)cc1. The second kappa shape index (κ2) is 10.2. The lowest BCUT2D eigenvalue weighted by atomic mass is 9.97. The van der Waals surface area contributed by atoms with Crippen LogP contribution in [0.5, 0.6) is 17.2 Å². The van der Waals surface area contributed by atoms with Gasteiger partial charge in [-0.2, -0.15) is 0 Å². The maximum Gasteiger partial charge on any atom is 0.252 e. The van der Waals surface area contributed by atoms with Gasteiger partial charge in [0.25, 0.3) is 5.91 Å². The van der Waals surface area contributed by atoms with Crippen molar-refractivity contribution in [3.63, 3.8) is 0 Å². The number of amides is 1. The average Bonchev–Trinajstić information content (AvgIpc) is 2.78. The highest BCUT2D eigenvalue weighted by Crippen LogP contribution is 2.38. The summed E-state index contributed by atoms with van der Waals surface area (Å²) < 4.78 is 17.2. The molecule has 0 heterocycles. The van der Waals surface area contributed by atoms with Gasteiger partial charge in [-0.1, -0.05) is 46.3 Å². The zero-order chi connectivity index (χ0) is 21.5. The molecule has 0 bridgehead atoms. The number of ether oxygens (including phenoxy) is 3. The second-order valence-corrected chi connectivity index (χ2v) is 7.36. The van der Waals surface area contributed by atoms with E-state index in [1.54, 1.807) is 26.4 Å². The molecule has 0 spiro atoms. The Morgan fingerprint density at radius 1 is 0.967 bits per heavy atom. The zero-order valence-corrected chi connectivity index (χ0v) is 18.7. The maximum absolute atomic E-state index is 13.0. The number of carbonyl (C=O) groups is 1. The van der Waals surface area contributed by atoms with Crippen LogP contribution in [0.3, 0.4) is 0 Å². The molecule has 3 aromatic rings. The Hall–Kier alpha value is -2.99. The van der Waals surface area contributed by atoms with Crippen LogP contribution in [0.2, 0.25) is 0 Å². The number of carbonyl (C=O) groups excluding carboxylic acids is 1. The number of nitrogens with one attached hydrogen (secondary N) is 1. The lowest BCUT2D eigenvalue weighted by Crippen LogP contribution is -2.29. The summed E-state index contributed by atoms with van der Waals surface area (Å²) in [5, 5.41) is 3.14. The monoisotopic (exact) mass is 469 g/mol. The third-order valence-corrected chi connectivity index (χ3v) is 5.34. The fourth-order valence-corrected chi connectivity index (χ4v) is 3.71. The van der Waals surface area contributed by atoms with E-state index in [4.69, 9.17) is 14.2 Å². The molecule has 0 aliphatic carbocycles. The van der Waals surface area contributed by atoms with Crippen molar-refractivity contribution in [3.8, 4) is 17.2 Å². The molecule has 0 aliphatic rings. The summed E-state index contributed by atoms with van der Waals surface area (Å²) in [6.45, 7) is 2.53. The van der Waals surface area contributed by atoms with Crippen LogP contribution in [0.25, 0.3) is 0 Å². The van der Waals surface area contributed by atoms with Gasteiger partial charge in [-0.25, -0.2) is 0 Å². The molecule has 0 fully saturated rings. The number of rotatable bonds is 8. The number of hydrogen-bond acceptors (Lipinski definition) is 4. The Kier molecular flexibility index (Phi) is 7.36. The predicted molar refractivity (Wildman–Crippen MR) is 121 cm³/mol. The molecule has 1 N–H and O–H groups in total. The lowest BCUT2D eigenvalue weighted by molar-refractivity contribution is 0.0943. The van der Waals surface area contributed by atoms with Crippen molar-refractivity contribution in [3.05, 3.63) is 87.9 Å². The van der Waals surface area contributed by atoms with Crippen LogP contribution in [0.15, 0.2) is 71.2 Å². The highest BCUT2D eigenvalue weighted by atomic mass is 79.9. The van der Waals surface area contributed by atoms with E-state index >= 15 is 0 Å². The molecular weight excluding hydrogens is 446 g/mol. The first-order chi connectivity index (χ1) is 14.6. The fourth-order valence-electron chi connectivity index (χ4n) is 3.16. The average molecular weight is 470 g/mol. The molecule has 3 rings (SSSR count). The first-order valence-corrected chi connectivity index (χ1v) is 10.4. The lowest BCUT2D eigenvalue weighted by Gasteiger charge is -2.23. The Bertz CT molecular complexity index is 990. The molecule has 0 radical (unpaired) electrons. The van der Waals surface area contributed by atoms with Crippen molar-refractivity contribution < 1.29 is 19.0 Å². The molecule has 3 aromatic carbocycles. The van der Waals surface area contributed by atoms with Crippen molar-refractivity contribution in [1.29, 1.82) is 0 Å². The quantitative estimate of drug-likeness (QED) is 0.480. The van der Waals surface area contributed by atoms with E-state index in [-0.39, 0.29) is 5.91 Å². The largest absolute Gasteiger partial charge is 0.494 e. The third-order valence-electron chi connectivity index (χ3n) is 4.65. The van der Waals surface area contributed by atoms with Crippen molar-refractivity contribution in [2.45, 2.75) is 13.0 Å². The van der Waals surface area contributed by atoms with Crippen molar-refractivity contribution in [2.24, 2.45) is 0 Å². The van der Waals surface area contributed by atoms with Gasteiger partial charge >= 0.3 is 0 Å². The van der Waals surface area contributed by atoms with Gasteiger partial charge in [0.2, 0.25) is 0 Å². The third kappa shape index (κ3) is 4.94. The van der Waals surface area contributed by atoms with Gasteiger partial charge in [0.1, 0.15) is 5.75 Å². The number of hydrogen-bond donors (Lipinski definition) is 1. The van der Waals surface area contributed by atoms with Gasteiger partial charge in [0, 0.05) is 10.0 Å². The molecule has 0 saturated heterocycles. The van der Waals surface area contributed by atoms with Crippen molar-refractivity contribution >= 4 is 21.8 Å². The number of methoxy groups -OCH3 is 2. The van der Waals surface area contributed by atoms with E-state index in [1.807, 2.05) is 61.5 Å². The van der Waals surface area contributed by atoms with E-state index in [0.717, 1.165) is 21.3 Å². The van der Waals surface area contributed by atoms with Crippen LogP contribution in [0, 0.1) is 0 Å². The topological polar surface area (TPSA) is 56.8 Å². The Morgan fingerprint density at radius 2 is 1.60 bits per heavy atom. The van der Waals surface area contributed by atoms with E-state index in [2.05, 4.69) is 21.2 Å². The van der Waals surface area contributed by atoms with Gasteiger partial charge in [0.05, 0.1) is 26.9 Å².